The number of carbonyl (C=O) groups is 1. The third-order valence-electron chi connectivity index (χ3n) is 5.02. The number of thiophene rings is 1. The van der Waals surface area contributed by atoms with E-state index in [0.29, 0.717) is 42.3 Å². The summed E-state index contributed by atoms with van der Waals surface area (Å²) in [6.07, 6.45) is 7.24. The number of piperidine rings is 1. The number of hydrogen-bond donors (Lipinski definition) is 1. The number of ether oxygens (including phenoxy) is 1. The summed E-state index contributed by atoms with van der Waals surface area (Å²) in [4.78, 5) is 13.6. The average molecular weight is 447 g/mol. The van der Waals surface area contributed by atoms with Crippen LogP contribution in [0.15, 0.2) is 40.6 Å². The molecule has 0 aliphatic carbocycles. The van der Waals surface area contributed by atoms with Gasteiger partial charge >= 0.3 is 0 Å². The molecule has 1 unspecified atom stereocenters. The third kappa shape index (κ3) is 5.63. The van der Waals surface area contributed by atoms with Crippen LogP contribution in [0.25, 0.3) is 0 Å². The van der Waals surface area contributed by atoms with E-state index in [0.717, 1.165) is 10.4 Å². The first-order chi connectivity index (χ1) is 14.4. The Morgan fingerprint density at radius 2 is 2.07 bits per heavy atom. The van der Waals surface area contributed by atoms with Gasteiger partial charge in [0.2, 0.25) is 5.91 Å². The maximum absolute atomic E-state index is 12.8. The van der Waals surface area contributed by atoms with Gasteiger partial charge < -0.3 is 10.1 Å². The SMILES string of the molecule is C#CCOc1ccc(CCNC(=O)C2CCCN(S(=O)(=O)c3ccc(C)s3)C2)cc1. The van der Waals surface area contributed by atoms with Gasteiger partial charge in [0.05, 0.1) is 5.92 Å². The van der Waals surface area contributed by atoms with Gasteiger partial charge in [0.25, 0.3) is 10.0 Å². The fourth-order valence-corrected chi connectivity index (χ4v) is 6.37. The van der Waals surface area contributed by atoms with E-state index < -0.39 is 10.0 Å². The van der Waals surface area contributed by atoms with Crippen molar-refractivity contribution < 1.29 is 17.9 Å². The Bertz CT molecular complexity index is 1010. The summed E-state index contributed by atoms with van der Waals surface area (Å²) in [5.41, 5.74) is 1.07. The van der Waals surface area contributed by atoms with Crippen LogP contribution in [-0.4, -0.2) is 44.9 Å². The summed E-state index contributed by atoms with van der Waals surface area (Å²) in [7, 11) is -3.53. The van der Waals surface area contributed by atoms with Crippen LogP contribution >= 0.6 is 11.3 Å². The predicted molar refractivity (Wildman–Crippen MR) is 118 cm³/mol. The summed E-state index contributed by atoms with van der Waals surface area (Å²) in [5.74, 6) is 2.72. The van der Waals surface area contributed by atoms with Crippen LogP contribution in [0.4, 0.5) is 0 Å². The molecule has 1 atom stereocenters. The summed E-state index contributed by atoms with van der Waals surface area (Å²) < 4.78 is 32.8. The third-order valence-corrected chi connectivity index (χ3v) is 8.36. The molecule has 3 rings (SSSR count). The lowest BCUT2D eigenvalue weighted by Gasteiger charge is -2.30. The Morgan fingerprint density at radius 1 is 1.30 bits per heavy atom. The van der Waals surface area contributed by atoms with E-state index >= 15 is 0 Å². The number of sulfonamides is 1. The van der Waals surface area contributed by atoms with Crippen molar-refractivity contribution in [3.05, 3.63) is 46.8 Å². The molecule has 0 saturated carbocycles. The van der Waals surface area contributed by atoms with E-state index in [-0.39, 0.29) is 25.0 Å². The van der Waals surface area contributed by atoms with Crippen molar-refractivity contribution in [3.8, 4) is 18.1 Å². The topological polar surface area (TPSA) is 75.7 Å². The Hall–Kier alpha value is -2.34. The number of benzene rings is 1. The van der Waals surface area contributed by atoms with Crippen molar-refractivity contribution in [3.63, 3.8) is 0 Å². The first kappa shape index (κ1) is 22.3. The number of nitrogens with one attached hydrogen (secondary N) is 1. The van der Waals surface area contributed by atoms with E-state index in [4.69, 9.17) is 11.2 Å². The highest BCUT2D eigenvalue weighted by Crippen LogP contribution is 2.28. The summed E-state index contributed by atoms with van der Waals surface area (Å²) in [6, 6.07) is 11.0. The second-order valence-electron chi connectivity index (χ2n) is 7.25. The van der Waals surface area contributed by atoms with Gasteiger partial charge in [0.1, 0.15) is 16.6 Å². The second kappa shape index (κ2) is 10.1. The van der Waals surface area contributed by atoms with Crippen LogP contribution in [0.2, 0.25) is 0 Å². The van der Waals surface area contributed by atoms with E-state index in [1.54, 1.807) is 12.1 Å². The quantitative estimate of drug-likeness (QED) is 0.633. The van der Waals surface area contributed by atoms with Crippen LogP contribution in [0, 0.1) is 25.2 Å². The Balaban J connectivity index is 1.50. The fourth-order valence-electron chi connectivity index (χ4n) is 3.40. The molecule has 1 aromatic heterocycles. The molecule has 0 spiro atoms. The van der Waals surface area contributed by atoms with Crippen molar-refractivity contribution in [2.75, 3.05) is 26.2 Å². The molecule has 2 aromatic rings. The standard InChI is InChI=1S/C22H26N2O4S2/c1-3-15-28-20-9-7-18(8-10-20)12-13-23-22(25)19-5-4-14-24(16-19)30(26,27)21-11-6-17(2)29-21/h1,6-11,19H,4-5,12-16H2,2H3,(H,23,25). The highest BCUT2D eigenvalue weighted by atomic mass is 32.2. The lowest BCUT2D eigenvalue weighted by atomic mass is 9.99. The molecule has 1 N–H and O–H groups in total. The smallest absolute Gasteiger partial charge is 0.252 e. The summed E-state index contributed by atoms with van der Waals surface area (Å²) >= 11 is 1.27. The van der Waals surface area contributed by atoms with Crippen LogP contribution in [0.3, 0.4) is 0 Å². The molecule has 160 valence electrons. The maximum atomic E-state index is 12.8. The van der Waals surface area contributed by atoms with Crippen molar-refractivity contribution in [1.82, 2.24) is 9.62 Å². The monoisotopic (exact) mass is 446 g/mol. The first-order valence-electron chi connectivity index (χ1n) is 9.89. The van der Waals surface area contributed by atoms with E-state index in [1.807, 2.05) is 31.2 Å². The van der Waals surface area contributed by atoms with Crippen LogP contribution in [-0.2, 0) is 21.2 Å². The molecular weight excluding hydrogens is 420 g/mol. The highest BCUT2D eigenvalue weighted by Gasteiger charge is 2.33. The Morgan fingerprint density at radius 3 is 2.73 bits per heavy atom. The molecule has 1 amide bonds. The summed E-state index contributed by atoms with van der Waals surface area (Å²) in [6.45, 7) is 3.30. The molecule has 1 saturated heterocycles. The van der Waals surface area contributed by atoms with Gasteiger partial charge in [-0.15, -0.1) is 17.8 Å². The van der Waals surface area contributed by atoms with Crippen molar-refractivity contribution in [1.29, 1.82) is 0 Å². The Kier molecular flexibility index (Phi) is 7.53. The Labute approximate surface area is 182 Å². The molecule has 30 heavy (non-hydrogen) atoms. The number of carbonyl (C=O) groups excluding carboxylic acids is 1. The average Bonchev–Trinajstić information content (AvgIpc) is 3.20. The fraction of sp³-hybridized carbons (Fsp3) is 0.409. The number of hydrogen-bond acceptors (Lipinski definition) is 5. The predicted octanol–water partition coefficient (Wildman–Crippen LogP) is 2.83. The molecular formula is C22H26N2O4S2. The normalized spacial score (nSPS) is 17.3. The minimum absolute atomic E-state index is 0.0915. The number of aryl methyl sites for hydroxylation is 1. The van der Waals surface area contributed by atoms with Crippen molar-refractivity contribution >= 4 is 27.3 Å². The lowest BCUT2D eigenvalue weighted by molar-refractivity contribution is -0.126. The van der Waals surface area contributed by atoms with Gasteiger partial charge in [-0.25, -0.2) is 8.42 Å². The minimum atomic E-state index is -3.53. The largest absolute Gasteiger partial charge is 0.481 e. The maximum Gasteiger partial charge on any atom is 0.252 e. The zero-order chi connectivity index (χ0) is 21.6. The van der Waals surface area contributed by atoms with Crippen molar-refractivity contribution in [2.24, 2.45) is 5.92 Å². The first-order valence-corrected chi connectivity index (χ1v) is 12.2. The molecule has 2 heterocycles. The van der Waals surface area contributed by atoms with E-state index in [2.05, 4.69) is 11.2 Å². The number of terminal acetylenes is 1. The zero-order valence-corrected chi connectivity index (χ0v) is 18.6. The van der Waals surface area contributed by atoms with Gasteiger partial charge in [-0.1, -0.05) is 18.1 Å². The summed E-state index contributed by atoms with van der Waals surface area (Å²) in [5, 5.41) is 2.95. The number of rotatable bonds is 8. The van der Waals surface area contributed by atoms with E-state index in [1.165, 1.54) is 15.6 Å². The van der Waals surface area contributed by atoms with Gasteiger partial charge in [0.15, 0.2) is 0 Å². The minimum Gasteiger partial charge on any atom is -0.481 e. The van der Waals surface area contributed by atoms with Gasteiger partial charge in [-0.2, -0.15) is 4.31 Å². The molecule has 6 nitrogen and oxygen atoms in total. The van der Waals surface area contributed by atoms with Gasteiger partial charge in [0, 0.05) is 24.5 Å². The lowest BCUT2D eigenvalue weighted by Crippen LogP contribution is -2.45. The van der Waals surface area contributed by atoms with Crippen LogP contribution in [0.5, 0.6) is 5.75 Å². The number of amides is 1. The van der Waals surface area contributed by atoms with Crippen molar-refractivity contribution in [2.45, 2.75) is 30.4 Å². The molecule has 1 aliphatic rings. The molecule has 1 aliphatic heterocycles. The molecule has 1 fully saturated rings. The van der Waals surface area contributed by atoms with Crippen LogP contribution in [0.1, 0.15) is 23.3 Å². The zero-order valence-electron chi connectivity index (χ0n) is 17.0. The van der Waals surface area contributed by atoms with Crippen LogP contribution < -0.4 is 10.1 Å². The van der Waals surface area contributed by atoms with Gasteiger partial charge in [-0.3, -0.25) is 4.79 Å². The molecule has 8 heteroatoms. The van der Waals surface area contributed by atoms with Gasteiger partial charge in [-0.05, 0) is 56.0 Å². The number of nitrogens with zero attached hydrogens (tertiary/aromatic N) is 1. The molecule has 1 aromatic carbocycles. The van der Waals surface area contributed by atoms with E-state index in [9.17, 15) is 13.2 Å². The highest BCUT2D eigenvalue weighted by molar-refractivity contribution is 7.91. The molecule has 0 radical (unpaired) electrons. The molecule has 0 bridgehead atoms. The second-order valence-corrected chi connectivity index (χ2v) is 10.7.